The molecule has 0 spiro atoms. The molecule has 0 aliphatic rings. The van der Waals surface area contributed by atoms with Crippen LogP contribution in [0.5, 0.6) is 0 Å². The molecule has 1 rings (SSSR count). The van der Waals surface area contributed by atoms with Gasteiger partial charge in [-0.05, 0) is 49.9 Å². The molecule has 94 valence electrons. The van der Waals surface area contributed by atoms with Crippen LogP contribution in [0.2, 0.25) is 0 Å². The minimum absolute atomic E-state index is 0.106. The second-order valence-electron chi connectivity index (χ2n) is 4.62. The Morgan fingerprint density at radius 3 is 2.29 bits per heavy atom. The molecule has 3 N–H and O–H groups in total. The lowest BCUT2D eigenvalue weighted by molar-refractivity contribution is -0.121. The van der Waals surface area contributed by atoms with Gasteiger partial charge in [-0.15, -0.1) is 0 Å². The highest BCUT2D eigenvalue weighted by Crippen LogP contribution is 2.18. The van der Waals surface area contributed by atoms with Crippen LogP contribution in [0.4, 0.5) is 5.69 Å². The van der Waals surface area contributed by atoms with E-state index in [0.29, 0.717) is 12.8 Å². The van der Waals surface area contributed by atoms with Crippen molar-refractivity contribution in [3.8, 4) is 0 Å². The molecule has 0 atom stereocenters. The van der Waals surface area contributed by atoms with Crippen molar-refractivity contribution in [1.29, 1.82) is 0 Å². The highest BCUT2D eigenvalue weighted by atomic mass is 16.2. The number of carbonyl (C=O) groups is 1. The van der Waals surface area contributed by atoms with Crippen molar-refractivity contribution >= 4 is 11.6 Å². The fourth-order valence-electron chi connectivity index (χ4n) is 1.65. The van der Waals surface area contributed by atoms with Crippen molar-refractivity contribution in [3.63, 3.8) is 0 Å². The fraction of sp³-hybridized carbons (Fsp3) is 0.500. The average Bonchev–Trinajstić information content (AvgIpc) is 2.32. The first-order valence-corrected chi connectivity index (χ1v) is 6.10. The number of carbonyl (C=O) groups excluding carboxylic acids is 1. The third-order valence-electron chi connectivity index (χ3n) is 3.48. The molecule has 3 heteroatoms. The molecule has 0 aliphatic heterocycles. The molecule has 0 radical (unpaired) electrons. The monoisotopic (exact) mass is 234 g/mol. The van der Waals surface area contributed by atoms with E-state index in [1.165, 1.54) is 11.1 Å². The van der Waals surface area contributed by atoms with Gasteiger partial charge in [0, 0.05) is 5.69 Å². The van der Waals surface area contributed by atoms with Gasteiger partial charge in [-0.3, -0.25) is 4.79 Å². The van der Waals surface area contributed by atoms with Crippen molar-refractivity contribution < 1.29 is 4.79 Å². The summed E-state index contributed by atoms with van der Waals surface area (Å²) >= 11 is 0. The van der Waals surface area contributed by atoms with Gasteiger partial charge >= 0.3 is 0 Å². The van der Waals surface area contributed by atoms with Crippen LogP contribution in [-0.4, -0.2) is 11.4 Å². The van der Waals surface area contributed by atoms with Crippen molar-refractivity contribution in [2.45, 2.75) is 46.1 Å². The Labute approximate surface area is 103 Å². The molecule has 3 nitrogen and oxygen atoms in total. The summed E-state index contributed by atoms with van der Waals surface area (Å²) < 4.78 is 0. The second kappa shape index (κ2) is 5.32. The van der Waals surface area contributed by atoms with Crippen LogP contribution in [0.25, 0.3) is 0 Å². The van der Waals surface area contributed by atoms with E-state index in [9.17, 15) is 4.79 Å². The first kappa shape index (κ1) is 13.7. The summed E-state index contributed by atoms with van der Waals surface area (Å²) in [5.41, 5.74) is 8.47. The summed E-state index contributed by atoms with van der Waals surface area (Å²) in [5.74, 6) is -0.106. The molecule has 1 aromatic rings. The Morgan fingerprint density at radius 2 is 1.82 bits per heavy atom. The Balaban J connectivity index is 2.84. The minimum atomic E-state index is -0.765. The van der Waals surface area contributed by atoms with Crippen molar-refractivity contribution in [2.75, 3.05) is 5.32 Å². The lowest BCUT2D eigenvalue weighted by Gasteiger charge is -2.25. The van der Waals surface area contributed by atoms with Gasteiger partial charge < -0.3 is 11.1 Å². The summed E-state index contributed by atoms with van der Waals surface area (Å²) in [5, 5.41) is 2.89. The van der Waals surface area contributed by atoms with E-state index in [-0.39, 0.29) is 5.91 Å². The number of aryl methyl sites for hydroxylation is 2. The van der Waals surface area contributed by atoms with Crippen LogP contribution in [0.15, 0.2) is 18.2 Å². The zero-order chi connectivity index (χ0) is 13.1. The predicted octanol–water partition coefficient (Wildman–Crippen LogP) is 2.76. The normalized spacial score (nSPS) is 11.4. The Morgan fingerprint density at radius 1 is 1.24 bits per heavy atom. The van der Waals surface area contributed by atoms with Gasteiger partial charge in [-0.1, -0.05) is 19.9 Å². The number of anilines is 1. The van der Waals surface area contributed by atoms with Crippen LogP contribution in [0.3, 0.4) is 0 Å². The number of benzene rings is 1. The molecular weight excluding hydrogens is 212 g/mol. The van der Waals surface area contributed by atoms with Gasteiger partial charge in [0.2, 0.25) is 5.91 Å². The van der Waals surface area contributed by atoms with E-state index in [0.717, 1.165) is 5.69 Å². The number of nitrogens with two attached hydrogens (primary N) is 1. The molecule has 17 heavy (non-hydrogen) atoms. The third-order valence-corrected chi connectivity index (χ3v) is 3.48. The van der Waals surface area contributed by atoms with Gasteiger partial charge in [0.25, 0.3) is 0 Å². The van der Waals surface area contributed by atoms with Gasteiger partial charge in [-0.2, -0.15) is 0 Å². The standard InChI is InChI=1S/C14H22N2O/c1-5-14(15,6-2)13(17)16-12-8-7-10(3)11(4)9-12/h7-9H,5-6,15H2,1-4H3,(H,16,17). The first-order chi connectivity index (χ1) is 7.92. The van der Waals surface area contributed by atoms with Crippen molar-refractivity contribution in [2.24, 2.45) is 5.73 Å². The topological polar surface area (TPSA) is 55.1 Å². The molecule has 0 bridgehead atoms. The van der Waals surface area contributed by atoms with Crippen LogP contribution in [-0.2, 0) is 4.79 Å². The Kier molecular flexibility index (Phi) is 4.29. The van der Waals surface area contributed by atoms with Gasteiger partial charge in [-0.25, -0.2) is 0 Å². The highest BCUT2D eigenvalue weighted by Gasteiger charge is 2.29. The molecule has 0 unspecified atom stereocenters. The fourth-order valence-corrected chi connectivity index (χ4v) is 1.65. The van der Waals surface area contributed by atoms with Gasteiger partial charge in [0.1, 0.15) is 0 Å². The van der Waals surface area contributed by atoms with Crippen LogP contribution in [0, 0.1) is 13.8 Å². The average molecular weight is 234 g/mol. The summed E-state index contributed by atoms with van der Waals surface area (Å²) in [6.07, 6.45) is 1.28. The minimum Gasteiger partial charge on any atom is -0.324 e. The van der Waals surface area contributed by atoms with Crippen molar-refractivity contribution in [3.05, 3.63) is 29.3 Å². The van der Waals surface area contributed by atoms with E-state index in [1.807, 2.05) is 45.9 Å². The Bertz CT molecular complexity index is 409. The van der Waals surface area contributed by atoms with E-state index < -0.39 is 5.54 Å². The molecule has 0 saturated carbocycles. The summed E-state index contributed by atoms with van der Waals surface area (Å²) in [4.78, 5) is 12.1. The number of hydrogen-bond donors (Lipinski definition) is 2. The first-order valence-electron chi connectivity index (χ1n) is 6.10. The predicted molar refractivity (Wildman–Crippen MR) is 72.0 cm³/mol. The maximum atomic E-state index is 12.1. The molecular formula is C14H22N2O. The van der Waals surface area contributed by atoms with E-state index in [2.05, 4.69) is 5.32 Å². The maximum absolute atomic E-state index is 12.1. The largest absolute Gasteiger partial charge is 0.324 e. The lowest BCUT2D eigenvalue weighted by Crippen LogP contribution is -2.50. The quantitative estimate of drug-likeness (QED) is 0.841. The summed E-state index contributed by atoms with van der Waals surface area (Å²) in [7, 11) is 0. The molecule has 0 saturated heterocycles. The molecule has 1 amide bonds. The SMILES string of the molecule is CCC(N)(CC)C(=O)Nc1ccc(C)c(C)c1. The molecule has 0 aliphatic carbocycles. The Hall–Kier alpha value is -1.35. The van der Waals surface area contributed by atoms with Crippen LogP contribution < -0.4 is 11.1 Å². The number of nitrogens with one attached hydrogen (secondary N) is 1. The van der Waals surface area contributed by atoms with Gasteiger partial charge in [0.15, 0.2) is 0 Å². The van der Waals surface area contributed by atoms with E-state index >= 15 is 0 Å². The highest BCUT2D eigenvalue weighted by molar-refractivity contribution is 5.97. The van der Waals surface area contributed by atoms with E-state index in [4.69, 9.17) is 5.73 Å². The van der Waals surface area contributed by atoms with Crippen LogP contribution >= 0.6 is 0 Å². The number of amides is 1. The third kappa shape index (κ3) is 3.07. The zero-order valence-electron chi connectivity index (χ0n) is 11.1. The molecule has 0 aromatic heterocycles. The van der Waals surface area contributed by atoms with Crippen molar-refractivity contribution in [1.82, 2.24) is 0 Å². The summed E-state index contributed by atoms with van der Waals surface area (Å²) in [6, 6.07) is 5.88. The smallest absolute Gasteiger partial charge is 0.244 e. The molecule has 0 heterocycles. The summed E-state index contributed by atoms with van der Waals surface area (Å²) in [6.45, 7) is 7.94. The number of hydrogen-bond acceptors (Lipinski definition) is 2. The molecule has 1 aromatic carbocycles. The van der Waals surface area contributed by atoms with Crippen LogP contribution in [0.1, 0.15) is 37.8 Å². The van der Waals surface area contributed by atoms with Gasteiger partial charge in [0.05, 0.1) is 5.54 Å². The maximum Gasteiger partial charge on any atom is 0.244 e. The molecule has 0 fully saturated rings. The lowest BCUT2D eigenvalue weighted by atomic mass is 9.93. The van der Waals surface area contributed by atoms with E-state index in [1.54, 1.807) is 0 Å². The zero-order valence-corrected chi connectivity index (χ0v) is 11.1. The number of rotatable bonds is 4. The second-order valence-corrected chi connectivity index (χ2v) is 4.62.